The maximum absolute atomic E-state index is 11.1. The summed E-state index contributed by atoms with van der Waals surface area (Å²) < 4.78 is 0. The first-order valence-corrected chi connectivity index (χ1v) is 4.75. The Morgan fingerprint density at radius 2 is 2.33 bits per heavy atom. The summed E-state index contributed by atoms with van der Waals surface area (Å²) in [5.41, 5.74) is -0.192. The van der Waals surface area contributed by atoms with Crippen molar-refractivity contribution < 1.29 is 4.79 Å². The van der Waals surface area contributed by atoms with Crippen LogP contribution in [0.1, 0.15) is 12.2 Å². The number of H-pyrrole nitrogens is 1. The lowest BCUT2D eigenvalue weighted by Gasteiger charge is -2.10. The number of rotatable bonds is 2. The summed E-state index contributed by atoms with van der Waals surface area (Å²) in [5.74, 6) is 1.09. The molecule has 2 heterocycles. The van der Waals surface area contributed by atoms with E-state index < -0.39 is 0 Å². The van der Waals surface area contributed by atoms with E-state index in [1.165, 1.54) is 6.07 Å². The molecule has 1 aliphatic rings. The van der Waals surface area contributed by atoms with Gasteiger partial charge in [-0.1, -0.05) is 0 Å². The van der Waals surface area contributed by atoms with Crippen molar-refractivity contribution in [2.24, 2.45) is 0 Å². The topological polar surface area (TPSA) is 86.9 Å². The standard InChI is InChI=1S/C9H12N4O2/c1-5-11-7(3-9(15)12-5)13-6-2-8(14)10-4-6/h3,6H,2,4H2,1H3,(H,10,14)(H2,11,12,13,15). The number of amides is 1. The van der Waals surface area contributed by atoms with Crippen LogP contribution < -0.4 is 16.2 Å². The van der Waals surface area contributed by atoms with Crippen LogP contribution in [0.5, 0.6) is 0 Å². The Morgan fingerprint density at radius 1 is 1.53 bits per heavy atom. The highest BCUT2D eigenvalue weighted by Gasteiger charge is 2.21. The molecule has 1 amide bonds. The number of aromatic nitrogens is 2. The minimum atomic E-state index is -0.192. The maximum Gasteiger partial charge on any atom is 0.252 e. The fourth-order valence-corrected chi connectivity index (χ4v) is 1.57. The smallest absolute Gasteiger partial charge is 0.252 e. The average molecular weight is 208 g/mol. The van der Waals surface area contributed by atoms with Crippen molar-refractivity contribution in [3.05, 3.63) is 22.2 Å². The van der Waals surface area contributed by atoms with Crippen LogP contribution in [0.25, 0.3) is 0 Å². The van der Waals surface area contributed by atoms with Crippen molar-refractivity contribution in [2.75, 3.05) is 11.9 Å². The number of nitrogens with one attached hydrogen (secondary N) is 3. The van der Waals surface area contributed by atoms with Gasteiger partial charge in [-0.3, -0.25) is 9.59 Å². The lowest BCUT2D eigenvalue weighted by atomic mass is 10.2. The molecular formula is C9H12N4O2. The molecule has 0 spiro atoms. The van der Waals surface area contributed by atoms with Gasteiger partial charge in [0.25, 0.3) is 5.56 Å². The van der Waals surface area contributed by atoms with Crippen molar-refractivity contribution in [1.82, 2.24) is 15.3 Å². The Morgan fingerprint density at radius 3 is 2.93 bits per heavy atom. The molecule has 0 aliphatic carbocycles. The van der Waals surface area contributed by atoms with E-state index in [1.54, 1.807) is 6.92 Å². The Bertz CT molecular complexity index is 440. The van der Waals surface area contributed by atoms with Crippen LogP contribution in [0.15, 0.2) is 10.9 Å². The fraction of sp³-hybridized carbons (Fsp3) is 0.444. The molecule has 1 fully saturated rings. The van der Waals surface area contributed by atoms with Crippen molar-refractivity contribution >= 4 is 11.7 Å². The summed E-state index contributed by atoms with van der Waals surface area (Å²) in [6.07, 6.45) is 0.424. The van der Waals surface area contributed by atoms with Gasteiger partial charge in [-0.15, -0.1) is 0 Å². The first-order valence-electron chi connectivity index (χ1n) is 4.75. The molecule has 0 radical (unpaired) electrons. The molecule has 2 rings (SSSR count). The second-order valence-corrected chi connectivity index (χ2v) is 3.57. The predicted octanol–water partition coefficient (Wildman–Crippen LogP) is -0.621. The van der Waals surface area contributed by atoms with Gasteiger partial charge in [0, 0.05) is 19.0 Å². The van der Waals surface area contributed by atoms with E-state index in [2.05, 4.69) is 20.6 Å². The van der Waals surface area contributed by atoms with Crippen LogP contribution in [0.2, 0.25) is 0 Å². The summed E-state index contributed by atoms with van der Waals surface area (Å²) in [5, 5.41) is 5.74. The van der Waals surface area contributed by atoms with Crippen LogP contribution in [0, 0.1) is 6.92 Å². The summed E-state index contributed by atoms with van der Waals surface area (Å²) in [6.45, 7) is 2.29. The fourth-order valence-electron chi connectivity index (χ4n) is 1.57. The molecular weight excluding hydrogens is 196 g/mol. The number of hydrogen-bond donors (Lipinski definition) is 3. The second-order valence-electron chi connectivity index (χ2n) is 3.57. The zero-order valence-electron chi connectivity index (χ0n) is 8.33. The van der Waals surface area contributed by atoms with Crippen LogP contribution in [0.4, 0.5) is 5.82 Å². The van der Waals surface area contributed by atoms with Crippen molar-refractivity contribution in [1.29, 1.82) is 0 Å². The van der Waals surface area contributed by atoms with E-state index in [0.29, 0.717) is 24.6 Å². The number of carbonyl (C=O) groups is 1. The number of aryl methyl sites for hydroxylation is 1. The third kappa shape index (κ3) is 2.34. The summed E-state index contributed by atoms with van der Waals surface area (Å²) >= 11 is 0. The molecule has 6 heteroatoms. The maximum atomic E-state index is 11.1. The average Bonchev–Trinajstić information content (AvgIpc) is 2.49. The van der Waals surface area contributed by atoms with E-state index in [9.17, 15) is 9.59 Å². The van der Waals surface area contributed by atoms with Crippen molar-refractivity contribution in [3.8, 4) is 0 Å². The molecule has 1 unspecified atom stereocenters. The van der Waals surface area contributed by atoms with Crippen molar-refractivity contribution in [3.63, 3.8) is 0 Å². The predicted molar refractivity (Wildman–Crippen MR) is 54.6 cm³/mol. The molecule has 80 valence electrons. The summed E-state index contributed by atoms with van der Waals surface area (Å²) in [4.78, 5) is 28.7. The van der Waals surface area contributed by atoms with Gasteiger partial charge in [0.1, 0.15) is 11.6 Å². The minimum Gasteiger partial charge on any atom is -0.365 e. The normalized spacial score (nSPS) is 20.1. The highest BCUT2D eigenvalue weighted by atomic mass is 16.2. The number of nitrogens with zero attached hydrogens (tertiary/aromatic N) is 1. The third-order valence-corrected chi connectivity index (χ3v) is 2.19. The van der Waals surface area contributed by atoms with E-state index in [0.717, 1.165) is 0 Å². The minimum absolute atomic E-state index is 0.0196. The Labute approximate surface area is 86.1 Å². The third-order valence-electron chi connectivity index (χ3n) is 2.19. The van der Waals surface area contributed by atoms with Gasteiger partial charge in [-0.05, 0) is 6.92 Å². The molecule has 0 aromatic carbocycles. The highest BCUT2D eigenvalue weighted by molar-refractivity contribution is 5.79. The number of anilines is 1. The first-order chi connectivity index (χ1) is 7.13. The molecule has 0 saturated carbocycles. The SMILES string of the molecule is Cc1nc(NC2CNC(=O)C2)cc(=O)[nH]1. The van der Waals surface area contributed by atoms with Gasteiger partial charge in [0.15, 0.2) is 0 Å². The van der Waals surface area contributed by atoms with Gasteiger partial charge in [-0.2, -0.15) is 0 Å². The summed E-state index contributed by atoms with van der Waals surface area (Å²) in [6, 6.07) is 1.40. The quantitative estimate of drug-likeness (QED) is 0.604. The Kier molecular flexibility index (Phi) is 2.40. The largest absolute Gasteiger partial charge is 0.365 e. The molecule has 3 N–H and O–H groups in total. The van der Waals surface area contributed by atoms with Crippen molar-refractivity contribution in [2.45, 2.75) is 19.4 Å². The lowest BCUT2D eigenvalue weighted by molar-refractivity contribution is -0.119. The zero-order valence-corrected chi connectivity index (χ0v) is 8.33. The Balaban J connectivity index is 2.10. The van der Waals surface area contributed by atoms with E-state index in [4.69, 9.17) is 0 Å². The van der Waals surface area contributed by atoms with E-state index in [1.807, 2.05) is 0 Å². The Hall–Kier alpha value is -1.85. The van der Waals surface area contributed by atoms with Crippen LogP contribution in [0.3, 0.4) is 0 Å². The number of aromatic amines is 1. The number of carbonyl (C=O) groups excluding carboxylic acids is 1. The monoisotopic (exact) mass is 208 g/mol. The zero-order chi connectivity index (χ0) is 10.8. The van der Waals surface area contributed by atoms with E-state index >= 15 is 0 Å². The molecule has 6 nitrogen and oxygen atoms in total. The van der Waals surface area contributed by atoms with Gasteiger partial charge in [0.2, 0.25) is 5.91 Å². The lowest BCUT2D eigenvalue weighted by Crippen LogP contribution is -2.24. The van der Waals surface area contributed by atoms with Gasteiger partial charge < -0.3 is 15.6 Å². The van der Waals surface area contributed by atoms with Crippen LogP contribution in [-0.2, 0) is 4.79 Å². The van der Waals surface area contributed by atoms with E-state index in [-0.39, 0.29) is 17.5 Å². The van der Waals surface area contributed by atoms with Gasteiger partial charge >= 0.3 is 0 Å². The van der Waals surface area contributed by atoms with Gasteiger partial charge in [0.05, 0.1) is 6.04 Å². The molecule has 0 bridgehead atoms. The second kappa shape index (κ2) is 3.72. The molecule has 1 saturated heterocycles. The van der Waals surface area contributed by atoms with Crippen LogP contribution >= 0.6 is 0 Å². The molecule has 15 heavy (non-hydrogen) atoms. The molecule has 1 atom stereocenters. The molecule has 1 aliphatic heterocycles. The first kappa shape index (κ1) is 9.70. The molecule has 1 aromatic heterocycles. The highest BCUT2D eigenvalue weighted by Crippen LogP contribution is 2.07. The number of hydrogen-bond acceptors (Lipinski definition) is 4. The van der Waals surface area contributed by atoms with Crippen LogP contribution in [-0.4, -0.2) is 28.5 Å². The summed E-state index contributed by atoms with van der Waals surface area (Å²) in [7, 11) is 0. The molecule has 1 aromatic rings. The van der Waals surface area contributed by atoms with Gasteiger partial charge in [-0.25, -0.2) is 4.98 Å².